The summed E-state index contributed by atoms with van der Waals surface area (Å²) < 4.78 is 10.5. The van der Waals surface area contributed by atoms with E-state index in [0.29, 0.717) is 12.2 Å². The van der Waals surface area contributed by atoms with Crippen molar-refractivity contribution in [2.45, 2.75) is 13.3 Å². The number of carbonyl (C=O) groups excluding carboxylic acids is 1. The normalized spacial score (nSPS) is 10.6. The maximum atomic E-state index is 12.2. The first-order chi connectivity index (χ1) is 11.7. The highest BCUT2D eigenvalue weighted by atomic mass is 16.5. The largest absolute Gasteiger partial charge is 0.497 e. The molecule has 0 aliphatic carbocycles. The van der Waals surface area contributed by atoms with Crippen molar-refractivity contribution < 1.29 is 14.3 Å². The van der Waals surface area contributed by atoms with Crippen LogP contribution in [0.1, 0.15) is 28.4 Å². The molecule has 0 unspecified atom stereocenters. The van der Waals surface area contributed by atoms with Crippen molar-refractivity contribution in [3.05, 3.63) is 77.4 Å². The zero-order chi connectivity index (χ0) is 16.9. The number of ether oxygens (including phenoxy) is 2. The highest BCUT2D eigenvalue weighted by Gasteiger charge is 2.12. The van der Waals surface area contributed by atoms with Gasteiger partial charge in [-0.2, -0.15) is 0 Å². The zero-order valence-corrected chi connectivity index (χ0v) is 13.9. The van der Waals surface area contributed by atoms with E-state index in [1.54, 1.807) is 7.11 Å². The Morgan fingerprint density at radius 2 is 1.79 bits per heavy atom. The molecule has 3 nitrogen and oxygen atoms in total. The van der Waals surface area contributed by atoms with E-state index in [9.17, 15) is 4.79 Å². The Labute approximate surface area is 141 Å². The van der Waals surface area contributed by atoms with E-state index in [-0.39, 0.29) is 5.97 Å². The van der Waals surface area contributed by atoms with E-state index in [0.717, 1.165) is 28.5 Å². The fraction of sp³-hybridized carbons (Fsp3) is 0.190. The molecule has 3 aromatic rings. The van der Waals surface area contributed by atoms with Gasteiger partial charge in [0.05, 0.1) is 19.3 Å². The van der Waals surface area contributed by atoms with Crippen LogP contribution in [0.15, 0.2) is 60.7 Å². The van der Waals surface area contributed by atoms with E-state index in [1.807, 2.05) is 55.5 Å². The molecule has 0 aliphatic heterocycles. The van der Waals surface area contributed by atoms with Gasteiger partial charge in [-0.25, -0.2) is 4.79 Å². The summed E-state index contributed by atoms with van der Waals surface area (Å²) >= 11 is 0. The molecule has 122 valence electrons. The molecule has 3 aromatic carbocycles. The Balaban J connectivity index is 2.12. The number of esters is 1. The molecule has 0 spiro atoms. The topological polar surface area (TPSA) is 35.5 Å². The lowest BCUT2D eigenvalue weighted by molar-refractivity contribution is 0.0526. The molecule has 0 N–H and O–H groups in total. The summed E-state index contributed by atoms with van der Waals surface area (Å²) in [5.41, 5.74) is 2.86. The number of fused-ring (bicyclic) bond motifs is 1. The summed E-state index contributed by atoms with van der Waals surface area (Å²) in [6.45, 7) is 2.18. The Morgan fingerprint density at radius 1 is 1.00 bits per heavy atom. The lowest BCUT2D eigenvalue weighted by Gasteiger charge is -2.12. The Hall–Kier alpha value is -2.81. The van der Waals surface area contributed by atoms with E-state index in [4.69, 9.17) is 9.47 Å². The van der Waals surface area contributed by atoms with Crippen molar-refractivity contribution in [3.8, 4) is 5.75 Å². The lowest BCUT2D eigenvalue weighted by atomic mass is 9.95. The van der Waals surface area contributed by atoms with Gasteiger partial charge >= 0.3 is 5.97 Å². The highest BCUT2D eigenvalue weighted by molar-refractivity contribution is 5.97. The average Bonchev–Trinajstić information content (AvgIpc) is 2.62. The van der Waals surface area contributed by atoms with Crippen molar-refractivity contribution in [3.63, 3.8) is 0 Å². The maximum Gasteiger partial charge on any atom is 0.338 e. The van der Waals surface area contributed by atoms with Crippen LogP contribution in [0.5, 0.6) is 5.75 Å². The minimum Gasteiger partial charge on any atom is -0.497 e. The van der Waals surface area contributed by atoms with Gasteiger partial charge in [-0.05, 0) is 59.5 Å². The summed E-state index contributed by atoms with van der Waals surface area (Å²) in [6.07, 6.45) is 0.748. The van der Waals surface area contributed by atoms with Crippen LogP contribution in [0.4, 0.5) is 0 Å². The summed E-state index contributed by atoms with van der Waals surface area (Å²) in [5, 5.41) is 2.10. The first-order valence-electron chi connectivity index (χ1n) is 8.03. The molecule has 0 heterocycles. The first-order valence-corrected chi connectivity index (χ1v) is 8.03. The van der Waals surface area contributed by atoms with E-state index in [2.05, 4.69) is 12.1 Å². The van der Waals surface area contributed by atoms with Gasteiger partial charge in [0.1, 0.15) is 5.75 Å². The molecule has 3 heteroatoms. The molecule has 0 saturated carbocycles. The minimum absolute atomic E-state index is 0.287. The van der Waals surface area contributed by atoms with Crippen LogP contribution in [0.2, 0.25) is 0 Å². The average molecular weight is 320 g/mol. The van der Waals surface area contributed by atoms with E-state index >= 15 is 0 Å². The third kappa shape index (κ3) is 3.40. The number of hydrogen-bond donors (Lipinski definition) is 0. The van der Waals surface area contributed by atoms with Crippen molar-refractivity contribution in [1.29, 1.82) is 0 Å². The third-order valence-corrected chi connectivity index (χ3v) is 4.00. The van der Waals surface area contributed by atoms with E-state index < -0.39 is 0 Å². The Kier molecular flexibility index (Phi) is 4.80. The van der Waals surface area contributed by atoms with Gasteiger partial charge in [-0.15, -0.1) is 0 Å². The monoisotopic (exact) mass is 320 g/mol. The van der Waals surface area contributed by atoms with Crippen molar-refractivity contribution >= 4 is 16.7 Å². The molecule has 0 atom stereocenters. The number of rotatable bonds is 5. The van der Waals surface area contributed by atoms with Crippen LogP contribution in [-0.2, 0) is 11.2 Å². The quantitative estimate of drug-likeness (QED) is 0.644. The molecule has 3 rings (SSSR count). The number of carbonyl (C=O) groups is 1. The second-order valence-corrected chi connectivity index (χ2v) is 5.61. The summed E-state index contributed by atoms with van der Waals surface area (Å²) in [6, 6.07) is 19.9. The summed E-state index contributed by atoms with van der Waals surface area (Å²) in [7, 11) is 1.66. The van der Waals surface area contributed by atoms with Gasteiger partial charge in [0.15, 0.2) is 0 Å². The SMILES string of the molecule is CCOC(=O)c1cc(Cc2ccccc2)c2cc(OC)ccc2c1. The first kappa shape index (κ1) is 16.1. The standard InChI is InChI=1S/C21H20O3/c1-3-24-21(22)18-12-16-9-10-19(23-2)14-20(16)17(13-18)11-15-7-5-4-6-8-15/h4-10,12-14H,3,11H2,1-2H3. The van der Waals surface area contributed by atoms with Crippen molar-refractivity contribution in [2.75, 3.05) is 13.7 Å². The maximum absolute atomic E-state index is 12.2. The fourth-order valence-corrected chi connectivity index (χ4v) is 2.84. The van der Waals surface area contributed by atoms with Crippen LogP contribution in [-0.4, -0.2) is 19.7 Å². The fourth-order valence-electron chi connectivity index (χ4n) is 2.84. The van der Waals surface area contributed by atoms with Crippen LogP contribution in [0, 0.1) is 0 Å². The predicted octanol–water partition coefficient (Wildman–Crippen LogP) is 4.62. The molecule has 24 heavy (non-hydrogen) atoms. The molecular formula is C21H20O3. The molecule has 0 fully saturated rings. The van der Waals surface area contributed by atoms with Gasteiger partial charge < -0.3 is 9.47 Å². The molecule has 0 radical (unpaired) electrons. The molecule has 0 aliphatic rings. The summed E-state index contributed by atoms with van der Waals surface area (Å²) in [5.74, 6) is 0.519. The van der Waals surface area contributed by atoms with Crippen molar-refractivity contribution in [2.24, 2.45) is 0 Å². The Morgan fingerprint density at radius 3 is 2.50 bits per heavy atom. The van der Waals surface area contributed by atoms with Crippen LogP contribution in [0.3, 0.4) is 0 Å². The van der Waals surface area contributed by atoms with E-state index in [1.165, 1.54) is 5.56 Å². The van der Waals surface area contributed by atoms with Gasteiger partial charge in [0, 0.05) is 0 Å². The number of benzene rings is 3. The molecule has 0 amide bonds. The molecular weight excluding hydrogens is 300 g/mol. The zero-order valence-electron chi connectivity index (χ0n) is 13.9. The van der Waals surface area contributed by atoms with Crippen LogP contribution >= 0.6 is 0 Å². The summed E-state index contributed by atoms with van der Waals surface area (Å²) in [4.78, 5) is 12.2. The second kappa shape index (κ2) is 7.18. The van der Waals surface area contributed by atoms with Gasteiger partial charge in [-0.1, -0.05) is 36.4 Å². The van der Waals surface area contributed by atoms with Gasteiger partial charge in [0.2, 0.25) is 0 Å². The third-order valence-electron chi connectivity index (χ3n) is 4.00. The highest BCUT2D eigenvalue weighted by Crippen LogP contribution is 2.28. The minimum atomic E-state index is -0.287. The van der Waals surface area contributed by atoms with Gasteiger partial charge in [0.25, 0.3) is 0 Å². The molecule has 0 saturated heterocycles. The van der Waals surface area contributed by atoms with Crippen molar-refractivity contribution in [1.82, 2.24) is 0 Å². The lowest BCUT2D eigenvalue weighted by Crippen LogP contribution is -2.06. The van der Waals surface area contributed by atoms with Crippen LogP contribution in [0.25, 0.3) is 10.8 Å². The molecule has 0 aromatic heterocycles. The Bertz CT molecular complexity index is 854. The van der Waals surface area contributed by atoms with Crippen LogP contribution < -0.4 is 4.74 Å². The molecule has 0 bridgehead atoms. The predicted molar refractivity (Wildman–Crippen MR) is 95.7 cm³/mol. The second-order valence-electron chi connectivity index (χ2n) is 5.61. The number of hydrogen-bond acceptors (Lipinski definition) is 3. The smallest absolute Gasteiger partial charge is 0.338 e. The number of methoxy groups -OCH3 is 1. The van der Waals surface area contributed by atoms with Gasteiger partial charge in [-0.3, -0.25) is 0 Å².